The van der Waals surface area contributed by atoms with Crippen LogP contribution in [0.1, 0.15) is 22.8 Å². The Bertz CT molecular complexity index is 1510. The van der Waals surface area contributed by atoms with Gasteiger partial charge in [-0.3, -0.25) is 14.6 Å². The fourth-order valence-corrected chi connectivity index (χ4v) is 4.37. The summed E-state index contributed by atoms with van der Waals surface area (Å²) in [5.74, 6) is 2.53. The van der Waals surface area contributed by atoms with Crippen molar-refractivity contribution in [3.63, 3.8) is 0 Å². The van der Waals surface area contributed by atoms with Crippen molar-refractivity contribution in [1.82, 2.24) is 34.3 Å². The van der Waals surface area contributed by atoms with Crippen molar-refractivity contribution in [2.24, 2.45) is 0 Å². The second-order valence-electron chi connectivity index (χ2n) is 8.38. The van der Waals surface area contributed by atoms with Gasteiger partial charge in [0.25, 0.3) is 0 Å². The van der Waals surface area contributed by atoms with Crippen LogP contribution in [0, 0.1) is 13.8 Å². The molecule has 0 unspecified atom stereocenters. The number of nitrogens with one attached hydrogen (secondary N) is 1. The van der Waals surface area contributed by atoms with Gasteiger partial charge in [-0.15, -0.1) is 0 Å². The molecular formula is C24H23N9. The zero-order valence-electron chi connectivity index (χ0n) is 18.4. The zero-order chi connectivity index (χ0) is 22.5. The molecule has 0 saturated carbocycles. The van der Waals surface area contributed by atoms with Gasteiger partial charge in [0.05, 0.1) is 24.1 Å². The van der Waals surface area contributed by atoms with Gasteiger partial charge in [-0.05, 0) is 36.9 Å². The molecule has 0 fully saturated rings. The lowest BCUT2D eigenvalue weighted by molar-refractivity contribution is 0.641. The second kappa shape index (κ2) is 7.40. The molecule has 1 aliphatic rings. The number of hydrogen-bond donors (Lipinski definition) is 2. The predicted octanol–water partition coefficient (Wildman–Crippen LogP) is 3.63. The number of nitrogen functional groups attached to an aromatic ring is 1. The van der Waals surface area contributed by atoms with Gasteiger partial charge in [0, 0.05) is 66.2 Å². The first-order chi connectivity index (χ1) is 16.0. The molecule has 6 heterocycles. The van der Waals surface area contributed by atoms with Gasteiger partial charge in [0.2, 0.25) is 0 Å². The Labute approximate surface area is 190 Å². The second-order valence-corrected chi connectivity index (χ2v) is 8.38. The van der Waals surface area contributed by atoms with E-state index in [0.717, 1.165) is 63.7 Å². The summed E-state index contributed by atoms with van der Waals surface area (Å²) in [4.78, 5) is 18.1. The minimum absolute atomic E-state index is 0.658. The number of fused-ring (bicyclic) bond motifs is 3. The smallest absolute Gasteiger partial charge is 0.153 e. The van der Waals surface area contributed by atoms with Crippen molar-refractivity contribution in [2.45, 2.75) is 33.4 Å². The summed E-state index contributed by atoms with van der Waals surface area (Å²) in [6, 6.07) is 6.17. The Morgan fingerprint density at radius 2 is 1.94 bits per heavy atom. The topological polar surface area (TPSA) is 112 Å². The minimum atomic E-state index is 0.658. The summed E-state index contributed by atoms with van der Waals surface area (Å²) in [6.45, 7) is 5.55. The number of anilines is 3. The predicted molar refractivity (Wildman–Crippen MR) is 127 cm³/mol. The number of pyridine rings is 3. The average molecular weight is 438 g/mol. The summed E-state index contributed by atoms with van der Waals surface area (Å²) < 4.78 is 4.19. The van der Waals surface area contributed by atoms with Crippen LogP contribution in [0.2, 0.25) is 0 Å². The molecule has 1 aliphatic heterocycles. The minimum Gasteiger partial charge on any atom is -0.397 e. The van der Waals surface area contributed by atoms with Gasteiger partial charge < -0.3 is 15.6 Å². The van der Waals surface area contributed by atoms with Crippen LogP contribution in [0.4, 0.5) is 17.3 Å². The maximum Gasteiger partial charge on any atom is 0.153 e. The summed E-state index contributed by atoms with van der Waals surface area (Å²) in [5, 5.41) is 10.2. The lowest BCUT2D eigenvalue weighted by atomic mass is 10.0. The van der Waals surface area contributed by atoms with E-state index in [1.165, 1.54) is 5.69 Å². The van der Waals surface area contributed by atoms with Gasteiger partial charge in [0.1, 0.15) is 11.6 Å². The van der Waals surface area contributed by atoms with E-state index in [1.807, 2.05) is 49.4 Å². The quantitative estimate of drug-likeness (QED) is 0.443. The monoisotopic (exact) mass is 437 g/mol. The van der Waals surface area contributed by atoms with Crippen molar-refractivity contribution >= 4 is 28.1 Å². The van der Waals surface area contributed by atoms with Crippen LogP contribution < -0.4 is 11.1 Å². The summed E-state index contributed by atoms with van der Waals surface area (Å²) in [6.07, 6.45) is 10.1. The molecule has 0 aliphatic carbocycles. The summed E-state index contributed by atoms with van der Waals surface area (Å²) in [7, 11) is 0. The third kappa shape index (κ3) is 3.38. The number of nitrogens with two attached hydrogens (primary N) is 1. The Morgan fingerprint density at radius 1 is 1.03 bits per heavy atom. The van der Waals surface area contributed by atoms with Gasteiger partial charge in [-0.1, -0.05) is 0 Å². The molecule has 3 N–H and O–H groups in total. The van der Waals surface area contributed by atoms with Crippen molar-refractivity contribution in [3.05, 3.63) is 72.0 Å². The lowest BCUT2D eigenvalue weighted by Crippen LogP contribution is -2.06. The third-order valence-electron chi connectivity index (χ3n) is 6.26. The molecule has 5 aromatic rings. The maximum absolute atomic E-state index is 6.07. The molecular weight excluding hydrogens is 414 g/mol. The van der Waals surface area contributed by atoms with Crippen molar-refractivity contribution in [2.75, 3.05) is 11.1 Å². The van der Waals surface area contributed by atoms with Crippen LogP contribution >= 0.6 is 0 Å². The third-order valence-corrected chi connectivity index (χ3v) is 6.26. The van der Waals surface area contributed by atoms with Crippen molar-refractivity contribution in [1.29, 1.82) is 0 Å². The fourth-order valence-electron chi connectivity index (χ4n) is 4.37. The molecule has 0 radical (unpaired) electrons. The molecule has 0 bridgehead atoms. The van der Waals surface area contributed by atoms with E-state index >= 15 is 0 Å². The highest BCUT2D eigenvalue weighted by molar-refractivity contribution is 5.89. The van der Waals surface area contributed by atoms with Gasteiger partial charge in [-0.25, -0.2) is 9.97 Å². The van der Waals surface area contributed by atoms with E-state index < -0.39 is 0 Å². The Balaban J connectivity index is 1.34. The number of aryl methyl sites for hydroxylation is 3. The van der Waals surface area contributed by atoms with Crippen molar-refractivity contribution < 1.29 is 0 Å². The SMILES string of the molecule is Cc1c(N)cncc1-c1cc2cc(Nc3cc4n(n3)Cc3nccn3CC4)ncc2c(C)n1. The molecule has 0 spiro atoms. The molecule has 0 atom stereocenters. The lowest BCUT2D eigenvalue weighted by Gasteiger charge is -2.11. The number of hydrogen-bond acceptors (Lipinski definition) is 7. The molecule has 0 amide bonds. The molecule has 164 valence electrons. The van der Waals surface area contributed by atoms with E-state index in [9.17, 15) is 0 Å². The summed E-state index contributed by atoms with van der Waals surface area (Å²) >= 11 is 0. The molecule has 0 aromatic carbocycles. The Morgan fingerprint density at radius 3 is 2.85 bits per heavy atom. The van der Waals surface area contributed by atoms with Crippen LogP contribution in [-0.2, 0) is 19.5 Å². The summed E-state index contributed by atoms with van der Waals surface area (Å²) in [5.41, 5.74) is 11.6. The van der Waals surface area contributed by atoms with E-state index in [1.54, 1.807) is 6.20 Å². The first-order valence-corrected chi connectivity index (χ1v) is 10.9. The molecule has 9 heteroatoms. The average Bonchev–Trinajstić information content (AvgIpc) is 3.37. The largest absolute Gasteiger partial charge is 0.397 e. The number of aromatic nitrogens is 7. The fraction of sp³-hybridized carbons (Fsp3) is 0.208. The molecule has 6 rings (SSSR count). The Hall–Kier alpha value is -4.27. The molecule has 9 nitrogen and oxygen atoms in total. The number of rotatable bonds is 3. The van der Waals surface area contributed by atoms with E-state index in [4.69, 9.17) is 15.8 Å². The molecule has 5 aromatic heterocycles. The number of imidazole rings is 1. The first-order valence-electron chi connectivity index (χ1n) is 10.9. The van der Waals surface area contributed by atoms with Crippen LogP contribution in [0.5, 0.6) is 0 Å². The van der Waals surface area contributed by atoms with Crippen LogP contribution in [0.15, 0.2) is 49.2 Å². The van der Waals surface area contributed by atoms with Gasteiger partial charge in [-0.2, -0.15) is 5.10 Å². The van der Waals surface area contributed by atoms with E-state index in [-0.39, 0.29) is 0 Å². The standard InChI is InChI=1S/C24H23N9/c1-14-18(10-26-12-20(14)25)21-7-16-8-22(28-11-19(16)15(2)29-21)30-23-9-17-3-5-32-6-4-27-24(32)13-33(17)31-23/h4,6-12H,3,5,13,25H2,1-2H3,(H,28,30,31). The highest BCUT2D eigenvalue weighted by Crippen LogP contribution is 2.29. The molecule has 0 saturated heterocycles. The first kappa shape index (κ1) is 19.4. The van der Waals surface area contributed by atoms with Crippen LogP contribution in [-0.4, -0.2) is 34.3 Å². The maximum atomic E-state index is 6.07. The Kier molecular flexibility index (Phi) is 4.36. The van der Waals surface area contributed by atoms with E-state index in [2.05, 4.69) is 37.0 Å². The van der Waals surface area contributed by atoms with Crippen LogP contribution in [0.25, 0.3) is 22.0 Å². The highest BCUT2D eigenvalue weighted by atomic mass is 15.3. The molecule has 33 heavy (non-hydrogen) atoms. The normalized spacial score (nSPS) is 12.9. The van der Waals surface area contributed by atoms with Gasteiger partial charge >= 0.3 is 0 Å². The van der Waals surface area contributed by atoms with E-state index in [0.29, 0.717) is 12.2 Å². The zero-order valence-corrected chi connectivity index (χ0v) is 18.4. The van der Waals surface area contributed by atoms with Crippen molar-refractivity contribution in [3.8, 4) is 11.3 Å². The van der Waals surface area contributed by atoms with Crippen LogP contribution in [0.3, 0.4) is 0 Å². The van der Waals surface area contributed by atoms with Gasteiger partial charge in [0.15, 0.2) is 5.82 Å². The number of nitrogens with zero attached hydrogens (tertiary/aromatic N) is 7. The highest BCUT2D eigenvalue weighted by Gasteiger charge is 2.16.